The van der Waals surface area contributed by atoms with Crippen molar-refractivity contribution in [2.24, 2.45) is 0 Å². The number of carbonyl (C=O) groups is 2. The monoisotopic (exact) mass is 283 g/mol. The third-order valence-electron chi connectivity index (χ3n) is 2.86. The normalized spacial score (nSPS) is 29.9. The Balaban J connectivity index is 2.06. The van der Waals surface area contributed by atoms with Gasteiger partial charge in [-0.25, -0.2) is 0 Å². The highest BCUT2D eigenvalue weighted by molar-refractivity contribution is 9.10. The maximum absolute atomic E-state index is 11.5. The van der Waals surface area contributed by atoms with Crippen LogP contribution in [-0.2, 0) is 9.59 Å². The molecule has 1 saturated heterocycles. The standard InChI is InChI=1S/C12H14BrNO2/c1-12(13)6-2-3-9(7-12)8-14-10(15)4-5-11(14)16/h2-3,6H,4-5,7-8H2,1H3. The highest BCUT2D eigenvalue weighted by Gasteiger charge is 2.31. The molecule has 1 atom stereocenters. The molecule has 0 bridgehead atoms. The number of hydrogen-bond donors (Lipinski definition) is 0. The average molecular weight is 284 g/mol. The van der Waals surface area contributed by atoms with Gasteiger partial charge in [-0.3, -0.25) is 14.5 Å². The first-order valence-corrected chi connectivity index (χ1v) is 6.17. The van der Waals surface area contributed by atoms with Crippen LogP contribution < -0.4 is 0 Å². The molecular formula is C12H14BrNO2. The SMILES string of the molecule is CC1(Br)C=CC=C(CN2C(=O)CCC2=O)C1. The number of imide groups is 1. The van der Waals surface area contributed by atoms with Crippen molar-refractivity contribution in [3.63, 3.8) is 0 Å². The lowest BCUT2D eigenvalue weighted by atomic mass is 9.95. The van der Waals surface area contributed by atoms with Crippen LogP contribution in [0.2, 0.25) is 0 Å². The third kappa shape index (κ3) is 2.43. The Morgan fingerprint density at radius 3 is 2.56 bits per heavy atom. The summed E-state index contributed by atoms with van der Waals surface area (Å²) >= 11 is 3.60. The first-order valence-electron chi connectivity index (χ1n) is 5.37. The van der Waals surface area contributed by atoms with Crippen molar-refractivity contribution >= 4 is 27.7 Å². The summed E-state index contributed by atoms with van der Waals surface area (Å²) in [6.45, 7) is 2.52. The summed E-state index contributed by atoms with van der Waals surface area (Å²) in [4.78, 5) is 24.3. The van der Waals surface area contributed by atoms with Crippen LogP contribution in [0.15, 0.2) is 23.8 Å². The number of rotatable bonds is 2. The first kappa shape index (κ1) is 11.6. The van der Waals surface area contributed by atoms with Crippen LogP contribution in [0.4, 0.5) is 0 Å². The van der Waals surface area contributed by atoms with Crippen molar-refractivity contribution in [3.05, 3.63) is 23.8 Å². The molecule has 0 spiro atoms. The minimum absolute atomic E-state index is 0.0447. The number of allylic oxidation sites excluding steroid dienone is 3. The van der Waals surface area contributed by atoms with Crippen molar-refractivity contribution in [1.82, 2.24) is 4.90 Å². The molecule has 2 aliphatic rings. The van der Waals surface area contributed by atoms with E-state index in [2.05, 4.69) is 28.9 Å². The Kier molecular flexibility index (Phi) is 3.02. The molecule has 1 unspecified atom stereocenters. The average Bonchev–Trinajstić information content (AvgIpc) is 2.48. The summed E-state index contributed by atoms with van der Waals surface area (Å²) < 4.78 is -0.0527. The van der Waals surface area contributed by atoms with E-state index >= 15 is 0 Å². The van der Waals surface area contributed by atoms with E-state index in [-0.39, 0.29) is 16.1 Å². The topological polar surface area (TPSA) is 37.4 Å². The van der Waals surface area contributed by atoms with E-state index in [0.29, 0.717) is 19.4 Å². The molecule has 0 saturated carbocycles. The fourth-order valence-electron chi connectivity index (χ4n) is 2.06. The van der Waals surface area contributed by atoms with Gasteiger partial charge in [-0.2, -0.15) is 0 Å². The van der Waals surface area contributed by atoms with E-state index in [4.69, 9.17) is 0 Å². The maximum Gasteiger partial charge on any atom is 0.229 e. The maximum atomic E-state index is 11.5. The summed E-state index contributed by atoms with van der Waals surface area (Å²) in [5.41, 5.74) is 1.12. The molecule has 3 nitrogen and oxygen atoms in total. The highest BCUT2D eigenvalue weighted by Crippen LogP contribution is 2.31. The largest absolute Gasteiger partial charge is 0.278 e. The van der Waals surface area contributed by atoms with Gasteiger partial charge in [0.1, 0.15) is 0 Å². The van der Waals surface area contributed by atoms with Crippen LogP contribution in [0.5, 0.6) is 0 Å². The molecule has 0 N–H and O–H groups in total. The molecule has 1 aliphatic carbocycles. The zero-order valence-corrected chi connectivity index (χ0v) is 10.8. The summed E-state index contributed by atoms with van der Waals surface area (Å²) in [6.07, 6.45) is 7.60. The number of alkyl halides is 1. The molecule has 1 aliphatic heterocycles. The Hall–Kier alpha value is -0.900. The van der Waals surface area contributed by atoms with E-state index in [1.54, 1.807) is 0 Å². The second-order valence-electron chi connectivity index (χ2n) is 4.51. The smallest absolute Gasteiger partial charge is 0.229 e. The van der Waals surface area contributed by atoms with E-state index in [0.717, 1.165) is 12.0 Å². The summed E-state index contributed by atoms with van der Waals surface area (Å²) in [6, 6.07) is 0. The Morgan fingerprint density at radius 2 is 2.00 bits per heavy atom. The van der Waals surface area contributed by atoms with Crippen LogP contribution >= 0.6 is 15.9 Å². The Bertz CT molecular complexity index is 380. The Labute approximate surface area is 103 Å². The van der Waals surface area contributed by atoms with Crippen molar-refractivity contribution < 1.29 is 9.59 Å². The van der Waals surface area contributed by atoms with Gasteiger partial charge in [-0.1, -0.05) is 34.2 Å². The summed E-state index contributed by atoms with van der Waals surface area (Å²) in [7, 11) is 0. The third-order valence-corrected chi connectivity index (χ3v) is 3.41. The van der Waals surface area contributed by atoms with E-state index in [9.17, 15) is 9.59 Å². The fourth-order valence-corrected chi connectivity index (χ4v) is 2.57. The molecule has 0 aromatic heterocycles. The summed E-state index contributed by atoms with van der Waals surface area (Å²) in [5.74, 6) is -0.0894. The number of likely N-dealkylation sites (tertiary alicyclic amines) is 1. The van der Waals surface area contributed by atoms with E-state index in [1.807, 2.05) is 12.2 Å². The number of nitrogens with zero attached hydrogens (tertiary/aromatic N) is 1. The molecule has 86 valence electrons. The number of amides is 2. The molecule has 0 aromatic carbocycles. The van der Waals surface area contributed by atoms with Crippen LogP contribution in [0.1, 0.15) is 26.2 Å². The van der Waals surface area contributed by atoms with Gasteiger partial charge in [0.15, 0.2) is 0 Å². The van der Waals surface area contributed by atoms with Crippen molar-refractivity contribution in [3.8, 4) is 0 Å². The van der Waals surface area contributed by atoms with Crippen LogP contribution in [0.3, 0.4) is 0 Å². The first-order chi connectivity index (χ1) is 7.48. The lowest BCUT2D eigenvalue weighted by molar-refractivity contribution is -0.137. The minimum atomic E-state index is -0.0527. The van der Waals surface area contributed by atoms with Crippen molar-refractivity contribution in [2.75, 3.05) is 6.54 Å². The second kappa shape index (κ2) is 4.17. The lowest BCUT2D eigenvalue weighted by Gasteiger charge is -2.25. The van der Waals surface area contributed by atoms with E-state index in [1.165, 1.54) is 4.90 Å². The van der Waals surface area contributed by atoms with E-state index < -0.39 is 0 Å². The van der Waals surface area contributed by atoms with Crippen molar-refractivity contribution in [2.45, 2.75) is 30.5 Å². The van der Waals surface area contributed by atoms with Gasteiger partial charge in [-0.05, 0) is 18.9 Å². The minimum Gasteiger partial charge on any atom is -0.278 e. The van der Waals surface area contributed by atoms with Gasteiger partial charge in [0.25, 0.3) is 0 Å². The van der Waals surface area contributed by atoms with Crippen LogP contribution in [0, 0.1) is 0 Å². The van der Waals surface area contributed by atoms with Gasteiger partial charge in [-0.15, -0.1) is 0 Å². The molecular weight excluding hydrogens is 270 g/mol. The predicted octanol–water partition coefficient (Wildman–Crippen LogP) is 2.18. The van der Waals surface area contributed by atoms with Crippen molar-refractivity contribution in [1.29, 1.82) is 0 Å². The predicted molar refractivity (Wildman–Crippen MR) is 65.1 cm³/mol. The number of carbonyl (C=O) groups excluding carboxylic acids is 2. The zero-order valence-electron chi connectivity index (χ0n) is 9.20. The van der Waals surface area contributed by atoms with Gasteiger partial charge < -0.3 is 0 Å². The molecule has 2 amide bonds. The van der Waals surface area contributed by atoms with Gasteiger partial charge in [0, 0.05) is 23.7 Å². The quantitative estimate of drug-likeness (QED) is 0.575. The second-order valence-corrected chi connectivity index (χ2v) is 6.32. The molecule has 0 radical (unpaired) electrons. The molecule has 16 heavy (non-hydrogen) atoms. The number of hydrogen-bond acceptors (Lipinski definition) is 2. The fraction of sp³-hybridized carbons (Fsp3) is 0.500. The summed E-state index contributed by atoms with van der Waals surface area (Å²) in [5, 5.41) is 0. The van der Waals surface area contributed by atoms with Crippen LogP contribution in [-0.4, -0.2) is 27.6 Å². The van der Waals surface area contributed by atoms with Gasteiger partial charge >= 0.3 is 0 Å². The molecule has 1 heterocycles. The molecule has 1 fully saturated rings. The van der Waals surface area contributed by atoms with Gasteiger partial charge in [0.2, 0.25) is 11.8 Å². The Morgan fingerprint density at radius 1 is 1.38 bits per heavy atom. The molecule has 4 heteroatoms. The van der Waals surface area contributed by atoms with Crippen LogP contribution in [0.25, 0.3) is 0 Å². The zero-order chi connectivity index (χ0) is 11.8. The highest BCUT2D eigenvalue weighted by atomic mass is 79.9. The number of halogens is 1. The molecule has 0 aromatic rings. The molecule has 2 rings (SSSR count). The lowest BCUT2D eigenvalue weighted by Crippen LogP contribution is -2.32. The van der Waals surface area contributed by atoms with Gasteiger partial charge in [0.05, 0.1) is 0 Å².